The van der Waals surface area contributed by atoms with Gasteiger partial charge in [0.2, 0.25) is 0 Å². The van der Waals surface area contributed by atoms with Crippen LogP contribution in [0.2, 0.25) is 0 Å². The monoisotopic (exact) mass is 352 g/mol. The summed E-state index contributed by atoms with van der Waals surface area (Å²) in [6.45, 7) is 0.716. The van der Waals surface area contributed by atoms with Gasteiger partial charge >= 0.3 is 5.97 Å². The van der Waals surface area contributed by atoms with E-state index in [0.29, 0.717) is 6.54 Å². The van der Waals surface area contributed by atoms with Crippen molar-refractivity contribution in [3.05, 3.63) is 65.5 Å². The average Bonchev–Trinajstić information content (AvgIpc) is 2.69. The summed E-state index contributed by atoms with van der Waals surface area (Å²) >= 11 is 0. The zero-order chi connectivity index (χ0) is 18.4. The number of carboxylic acids is 1. The number of piperidine rings is 1. The van der Waals surface area contributed by atoms with Crippen LogP contribution < -0.4 is 0 Å². The summed E-state index contributed by atoms with van der Waals surface area (Å²) in [7, 11) is 0. The Kier molecular flexibility index (Phi) is 6.00. The Morgan fingerprint density at radius 2 is 1.81 bits per heavy atom. The predicted octanol–water partition coefficient (Wildman–Crippen LogP) is 3.80. The van der Waals surface area contributed by atoms with Crippen LogP contribution >= 0.6 is 0 Å². The Bertz CT molecular complexity index is 761. The normalized spacial score (nSPS) is 17.1. The van der Waals surface area contributed by atoms with Crippen LogP contribution in [0.4, 0.5) is 0 Å². The first-order chi connectivity index (χ1) is 12.6. The van der Waals surface area contributed by atoms with E-state index in [1.54, 1.807) is 12.1 Å². The number of hydrogen-bond acceptors (Lipinski definition) is 3. The molecule has 0 aliphatic carbocycles. The summed E-state index contributed by atoms with van der Waals surface area (Å²) in [5.41, 5.74) is 1.45. The fourth-order valence-electron chi connectivity index (χ4n) is 3.57. The molecule has 2 heterocycles. The number of amides is 1. The third-order valence-electron chi connectivity index (χ3n) is 4.92. The molecule has 2 aromatic rings. The average molecular weight is 352 g/mol. The molecule has 26 heavy (non-hydrogen) atoms. The Morgan fingerprint density at radius 1 is 1.04 bits per heavy atom. The molecule has 1 aliphatic rings. The third kappa shape index (κ3) is 4.48. The van der Waals surface area contributed by atoms with Crippen LogP contribution in [0.5, 0.6) is 0 Å². The maximum Gasteiger partial charge on any atom is 0.354 e. The van der Waals surface area contributed by atoms with Gasteiger partial charge < -0.3 is 10.0 Å². The highest BCUT2D eigenvalue weighted by Crippen LogP contribution is 2.23. The van der Waals surface area contributed by atoms with Gasteiger partial charge in [-0.05, 0) is 56.2 Å². The van der Waals surface area contributed by atoms with Crippen molar-refractivity contribution in [1.29, 1.82) is 0 Å². The van der Waals surface area contributed by atoms with E-state index in [-0.39, 0.29) is 23.3 Å². The molecule has 1 N–H and O–H groups in total. The number of aromatic nitrogens is 1. The number of carbonyl (C=O) groups excluding carboxylic acids is 1. The number of carbonyl (C=O) groups is 2. The van der Waals surface area contributed by atoms with Crippen LogP contribution in [-0.2, 0) is 6.42 Å². The van der Waals surface area contributed by atoms with Crippen molar-refractivity contribution < 1.29 is 14.7 Å². The number of pyridine rings is 1. The zero-order valence-electron chi connectivity index (χ0n) is 14.8. The van der Waals surface area contributed by atoms with Gasteiger partial charge in [-0.15, -0.1) is 0 Å². The molecule has 0 radical (unpaired) electrons. The molecule has 5 heteroatoms. The number of hydrogen-bond donors (Lipinski definition) is 1. The summed E-state index contributed by atoms with van der Waals surface area (Å²) in [5.74, 6) is -1.27. The van der Waals surface area contributed by atoms with Crippen LogP contribution in [0.25, 0.3) is 0 Å². The Hall–Kier alpha value is -2.69. The minimum atomic E-state index is -1.11. The molecule has 1 unspecified atom stereocenters. The second-order valence-corrected chi connectivity index (χ2v) is 6.74. The van der Waals surface area contributed by atoms with Gasteiger partial charge in [-0.25, -0.2) is 9.78 Å². The predicted molar refractivity (Wildman–Crippen MR) is 99.3 cm³/mol. The molecule has 1 fully saturated rings. The van der Waals surface area contributed by atoms with Crippen molar-refractivity contribution in [3.8, 4) is 0 Å². The van der Waals surface area contributed by atoms with Crippen molar-refractivity contribution in [1.82, 2.24) is 9.88 Å². The van der Waals surface area contributed by atoms with E-state index >= 15 is 0 Å². The third-order valence-corrected chi connectivity index (χ3v) is 4.92. The largest absolute Gasteiger partial charge is 0.477 e. The van der Waals surface area contributed by atoms with Crippen LogP contribution in [0.1, 0.15) is 58.6 Å². The van der Waals surface area contributed by atoms with Gasteiger partial charge in [0.05, 0.1) is 0 Å². The molecule has 1 amide bonds. The lowest BCUT2D eigenvalue weighted by molar-refractivity contribution is 0.0592. The van der Waals surface area contributed by atoms with Crippen molar-refractivity contribution in [3.63, 3.8) is 0 Å². The first-order valence-corrected chi connectivity index (χ1v) is 9.20. The molecule has 1 atom stereocenters. The molecule has 3 rings (SSSR count). The summed E-state index contributed by atoms with van der Waals surface area (Å²) in [4.78, 5) is 29.9. The zero-order valence-corrected chi connectivity index (χ0v) is 14.8. The van der Waals surface area contributed by atoms with E-state index < -0.39 is 5.97 Å². The van der Waals surface area contributed by atoms with Gasteiger partial charge in [0.15, 0.2) is 0 Å². The van der Waals surface area contributed by atoms with Gasteiger partial charge in [-0.1, -0.05) is 36.4 Å². The second kappa shape index (κ2) is 8.61. The summed E-state index contributed by atoms with van der Waals surface area (Å²) in [5, 5.41) is 9.09. The molecular weight excluding hydrogens is 328 g/mol. The molecule has 5 nitrogen and oxygen atoms in total. The fraction of sp³-hybridized carbons (Fsp3) is 0.381. The van der Waals surface area contributed by atoms with Crippen molar-refractivity contribution >= 4 is 11.9 Å². The van der Waals surface area contributed by atoms with E-state index in [2.05, 4.69) is 17.1 Å². The molecule has 0 saturated carbocycles. The fourth-order valence-corrected chi connectivity index (χ4v) is 3.57. The summed E-state index contributed by atoms with van der Waals surface area (Å²) in [6.07, 6.45) is 6.10. The SMILES string of the molecule is O=C(O)c1cccc(C(=O)N2CCCCC2CCCc2ccccc2)n1. The topological polar surface area (TPSA) is 70.5 Å². The van der Waals surface area contributed by atoms with Crippen LogP contribution in [0, 0.1) is 0 Å². The van der Waals surface area contributed by atoms with E-state index in [1.165, 1.54) is 11.6 Å². The van der Waals surface area contributed by atoms with Gasteiger partial charge in [-0.3, -0.25) is 4.79 Å². The second-order valence-electron chi connectivity index (χ2n) is 6.74. The number of likely N-dealkylation sites (tertiary alicyclic amines) is 1. The van der Waals surface area contributed by atoms with E-state index in [4.69, 9.17) is 5.11 Å². The minimum absolute atomic E-state index is 0.0894. The highest BCUT2D eigenvalue weighted by Gasteiger charge is 2.28. The van der Waals surface area contributed by atoms with Crippen molar-refractivity contribution in [2.75, 3.05) is 6.54 Å². The molecule has 0 spiro atoms. The lowest BCUT2D eigenvalue weighted by atomic mass is 9.95. The maximum absolute atomic E-state index is 12.9. The van der Waals surface area contributed by atoms with E-state index in [9.17, 15) is 9.59 Å². The smallest absolute Gasteiger partial charge is 0.354 e. The molecule has 1 aliphatic heterocycles. The Labute approximate surface area is 153 Å². The standard InChI is InChI=1S/C21H24N2O3/c24-20(18-13-7-14-19(22-18)21(25)26)23-15-5-4-11-17(23)12-6-10-16-8-2-1-3-9-16/h1-3,7-9,13-14,17H,4-6,10-12,15H2,(H,25,26). The van der Waals surface area contributed by atoms with E-state index in [0.717, 1.165) is 38.5 Å². The van der Waals surface area contributed by atoms with Crippen molar-refractivity contribution in [2.45, 2.75) is 44.6 Å². The first-order valence-electron chi connectivity index (χ1n) is 9.20. The molecule has 1 saturated heterocycles. The van der Waals surface area contributed by atoms with Crippen LogP contribution in [0.15, 0.2) is 48.5 Å². The molecule has 1 aromatic carbocycles. The van der Waals surface area contributed by atoms with E-state index in [1.807, 2.05) is 23.1 Å². The van der Waals surface area contributed by atoms with Gasteiger partial charge in [0, 0.05) is 12.6 Å². The number of carboxylic acid groups (broad SMARTS) is 1. The highest BCUT2D eigenvalue weighted by atomic mass is 16.4. The molecular formula is C21H24N2O3. The highest BCUT2D eigenvalue weighted by molar-refractivity contribution is 5.94. The summed E-state index contributed by atoms with van der Waals surface area (Å²) in [6, 6.07) is 15.2. The molecule has 0 bridgehead atoms. The number of benzene rings is 1. The van der Waals surface area contributed by atoms with Crippen LogP contribution in [0.3, 0.4) is 0 Å². The Morgan fingerprint density at radius 3 is 2.58 bits per heavy atom. The maximum atomic E-state index is 12.9. The lowest BCUT2D eigenvalue weighted by Gasteiger charge is -2.35. The lowest BCUT2D eigenvalue weighted by Crippen LogP contribution is -2.44. The Balaban J connectivity index is 1.65. The number of aryl methyl sites for hydroxylation is 1. The molecule has 1 aromatic heterocycles. The van der Waals surface area contributed by atoms with Gasteiger partial charge in [0.1, 0.15) is 11.4 Å². The summed E-state index contributed by atoms with van der Waals surface area (Å²) < 4.78 is 0. The van der Waals surface area contributed by atoms with Gasteiger partial charge in [-0.2, -0.15) is 0 Å². The number of nitrogens with zero attached hydrogens (tertiary/aromatic N) is 2. The minimum Gasteiger partial charge on any atom is -0.477 e. The van der Waals surface area contributed by atoms with Gasteiger partial charge in [0.25, 0.3) is 5.91 Å². The number of rotatable bonds is 6. The van der Waals surface area contributed by atoms with Crippen LogP contribution in [-0.4, -0.2) is 39.5 Å². The van der Waals surface area contributed by atoms with Crippen molar-refractivity contribution in [2.24, 2.45) is 0 Å². The quantitative estimate of drug-likeness (QED) is 0.858. The first kappa shape index (κ1) is 18.1. The molecule has 136 valence electrons. The number of aromatic carboxylic acids is 1.